The van der Waals surface area contributed by atoms with Crippen LogP contribution in [0.5, 0.6) is 0 Å². The number of H-pyrrole nitrogens is 1. The quantitative estimate of drug-likeness (QED) is 0.377. The maximum absolute atomic E-state index is 4.04. The molecule has 30 heavy (non-hydrogen) atoms. The maximum atomic E-state index is 4.04. The highest BCUT2D eigenvalue weighted by atomic mass is 32.2. The molecule has 1 fully saturated rings. The molecule has 0 aliphatic heterocycles. The lowest BCUT2D eigenvalue weighted by molar-refractivity contribution is 0.437. The van der Waals surface area contributed by atoms with Gasteiger partial charge in [0.05, 0.1) is 6.33 Å². The maximum Gasteiger partial charge on any atom is 0.209 e. The first-order chi connectivity index (χ1) is 14.7. The Balaban J connectivity index is 0.000000196. The molecule has 1 N–H and O–H groups in total. The molecule has 1 saturated carbocycles. The largest absolute Gasteiger partial charge is 0.348 e. The fourth-order valence-electron chi connectivity index (χ4n) is 4.30. The third-order valence-electron chi connectivity index (χ3n) is 5.83. The second-order valence-electron chi connectivity index (χ2n) is 8.45. The van der Waals surface area contributed by atoms with Gasteiger partial charge in [0.25, 0.3) is 0 Å². The summed E-state index contributed by atoms with van der Waals surface area (Å²) in [5.74, 6) is 0.770. The second kappa shape index (κ2) is 12.0. The third-order valence-corrected chi connectivity index (χ3v) is 6.84. The number of hydrogen-bond donors (Lipinski definition) is 1. The summed E-state index contributed by atoms with van der Waals surface area (Å²) in [4.78, 5) is 8.60. The van der Waals surface area contributed by atoms with Crippen LogP contribution in [0.1, 0.15) is 64.5 Å². The van der Waals surface area contributed by atoms with E-state index in [0.717, 1.165) is 12.2 Å². The van der Waals surface area contributed by atoms with Gasteiger partial charge in [-0.15, -0.1) is 11.8 Å². The van der Waals surface area contributed by atoms with Crippen molar-refractivity contribution < 1.29 is 0 Å². The van der Waals surface area contributed by atoms with Gasteiger partial charge in [-0.2, -0.15) is 0 Å². The molecule has 2 nitrogen and oxygen atoms in total. The van der Waals surface area contributed by atoms with Gasteiger partial charge in [-0.1, -0.05) is 99.7 Å². The fourth-order valence-corrected chi connectivity index (χ4v) is 5.14. The highest BCUT2D eigenvalue weighted by Crippen LogP contribution is 2.30. The molecule has 0 radical (unpaired) electrons. The van der Waals surface area contributed by atoms with Crippen LogP contribution in [0.3, 0.4) is 0 Å². The predicted molar refractivity (Wildman–Crippen MR) is 134 cm³/mol. The van der Waals surface area contributed by atoms with E-state index in [9.17, 15) is 0 Å². The molecule has 1 aliphatic carbocycles. The molecule has 0 atom stereocenters. The van der Waals surface area contributed by atoms with Crippen LogP contribution in [0.2, 0.25) is 6.32 Å². The van der Waals surface area contributed by atoms with Gasteiger partial charge >= 0.3 is 0 Å². The summed E-state index contributed by atoms with van der Waals surface area (Å²) < 4.78 is 0. The van der Waals surface area contributed by atoms with Gasteiger partial charge in [0.15, 0.2) is 0 Å². The number of benzene rings is 2. The van der Waals surface area contributed by atoms with Crippen molar-refractivity contribution >= 4 is 29.4 Å². The van der Waals surface area contributed by atoms with E-state index in [1.54, 1.807) is 6.33 Å². The summed E-state index contributed by atoms with van der Waals surface area (Å²) in [7, 11) is 0. The highest BCUT2D eigenvalue weighted by Gasteiger charge is 2.16. The molecule has 2 aromatic carbocycles. The zero-order valence-electron chi connectivity index (χ0n) is 18.7. The Kier molecular flexibility index (Phi) is 9.13. The average molecular weight is 418 g/mol. The first-order valence-electron chi connectivity index (χ1n) is 11.5. The summed E-state index contributed by atoms with van der Waals surface area (Å²) >= 11 is 1.92. The van der Waals surface area contributed by atoms with Crippen molar-refractivity contribution in [3.05, 3.63) is 72.8 Å². The topological polar surface area (TPSA) is 28.7 Å². The van der Waals surface area contributed by atoms with Crippen LogP contribution in [-0.4, -0.2) is 21.9 Å². The molecule has 1 heterocycles. The first kappa shape index (κ1) is 22.7. The molecule has 1 aromatic heterocycles. The summed E-state index contributed by atoms with van der Waals surface area (Å²) in [5.41, 5.74) is 4.17. The molecular weight excluding hydrogens is 383 g/mol. The molecule has 158 valence electrons. The van der Waals surface area contributed by atoms with Crippen LogP contribution in [0.15, 0.2) is 72.0 Å². The lowest BCUT2D eigenvalue weighted by Crippen LogP contribution is -2.41. The zero-order chi connectivity index (χ0) is 21.2. The van der Waals surface area contributed by atoms with Crippen LogP contribution < -0.4 is 10.9 Å². The Labute approximate surface area is 187 Å². The zero-order valence-corrected chi connectivity index (χ0v) is 19.5. The van der Waals surface area contributed by atoms with Crippen LogP contribution >= 0.6 is 11.8 Å². The molecule has 0 bridgehead atoms. The molecule has 4 heteroatoms. The Morgan fingerprint density at radius 3 is 2.20 bits per heavy atom. The van der Waals surface area contributed by atoms with E-state index in [-0.39, 0.29) is 0 Å². The van der Waals surface area contributed by atoms with E-state index < -0.39 is 0 Å². The van der Waals surface area contributed by atoms with Crippen LogP contribution in [-0.2, 0) is 0 Å². The molecule has 0 spiro atoms. The number of rotatable bonds is 6. The van der Waals surface area contributed by atoms with Crippen molar-refractivity contribution in [1.29, 1.82) is 0 Å². The summed E-state index contributed by atoms with van der Waals surface area (Å²) in [6.07, 6.45) is 11.8. The van der Waals surface area contributed by atoms with Crippen molar-refractivity contribution in [3.8, 4) is 0 Å². The van der Waals surface area contributed by atoms with Gasteiger partial charge < -0.3 is 4.98 Å². The van der Waals surface area contributed by atoms with Crippen LogP contribution in [0.25, 0.3) is 0 Å². The molecule has 4 rings (SSSR count). The van der Waals surface area contributed by atoms with E-state index in [1.807, 2.05) is 18.0 Å². The fraction of sp³-hybridized carbons (Fsp3) is 0.423. The number of imidazole rings is 1. The molecular formula is C26H35BN2S. The minimum Gasteiger partial charge on any atom is -0.348 e. The number of thioether (sulfide) groups is 1. The highest BCUT2D eigenvalue weighted by molar-refractivity contribution is 7.99. The van der Waals surface area contributed by atoms with Gasteiger partial charge in [-0.05, 0) is 25.0 Å². The monoisotopic (exact) mass is 418 g/mol. The Bertz CT molecular complexity index is 825. The number of nitrogens with zero attached hydrogens (tertiary/aromatic N) is 1. The summed E-state index contributed by atoms with van der Waals surface area (Å²) in [6.45, 7) is 7.24. The minimum absolute atomic E-state index is 0.513. The molecule has 1 aliphatic rings. The van der Waals surface area contributed by atoms with E-state index >= 15 is 0 Å². The molecule has 3 aromatic rings. The van der Waals surface area contributed by atoms with Gasteiger partial charge in [-0.3, -0.25) is 0 Å². The lowest BCUT2D eigenvalue weighted by Gasteiger charge is -2.19. The van der Waals surface area contributed by atoms with Crippen LogP contribution in [0, 0.1) is 0 Å². The first-order valence-corrected chi connectivity index (χ1v) is 12.3. The van der Waals surface area contributed by atoms with E-state index in [0.29, 0.717) is 12.0 Å². The number of aromatic amines is 1. The van der Waals surface area contributed by atoms with Crippen molar-refractivity contribution in [2.24, 2.45) is 0 Å². The minimum atomic E-state index is 0.513. The predicted octanol–water partition coefficient (Wildman–Crippen LogP) is 6.27. The Morgan fingerprint density at radius 1 is 0.967 bits per heavy atom. The van der Waals surface area contributed by atoms with Gasteiger partial charge in [0.2, 0.25) is 6.71 Å². The summed E-state index contributed by atoms with van der Waals surface area (Å²) in [6, 6.07) is 19.9. The van der Waals surface area contributed by atoms with Gasteiger partial charge in [0.1, 0.15) is 0 Å². The molecule has 0 saturated heterocycles. The van der Waals surface area contributed by atoms with E-state index in [2.05, 4.69) is 85.3 Å². The SMILES string of the molecule is CCB(c1ccccc1)c1ccc(SC(C)C)cc1.c1ncc(C2CCCCC2)[nH]1. The summed E-state index contributed by atoms with van der Waals surface area (Å²) in [5, 5.41) is 0.641. The molecule has 0 unspecified atom stereocenters. The average Bonchev–Trinajstić information content (AvgIpc) is 3.32. The Morgan fingerprint density at radius 2 is 1.63 bits per heavy atom. The number of hydrogen-bond acceptors (Lipinski definition) is 2. The normalized spacial score (nSPS) is 14.3. The van der Waals surface area contributed by atoms with Gasteiger partial charge in [-0.25, -0.2) is 4.98 Å². The second-order valence-corrected chi connectivity index (χ2v) is 10.1. The van der Waals surface area contributed by atoms with Gasteiger partial charge in [0, 0.05) is 28.0 Å². The van der Waals surface area contributed by atoms with E-state index in [1.165, 1.54) is 53.6 Å². The third kappa shape index (κ3) is 6.80. The number of aromatic nitrogens is 2. The van der Waals surface area contributed by atoms with Crippen molar-refractivity contribution in [3.63, 3.8) is 0 Å². The van der Waals surface area contributed by atoms with Crippen molar-refractivity contribution in [1.82, 2.24) is 9.97 Å². The van der Waals surface area contributed by atoms with Crippen molar-refractivity contribution in [2.45, 2.75) is 75.3 Å². The lowest BCUT2D eigenvalue weighted by atomic mass is 9.39. The standard InChI is InChI=1S/C17H21BS.C9H14N2/c1-4-18(15-8-6-5-7-9-15)16-10-12-17(13-11-16)19-14(2)3;1-2-4-8(5-3-1)9-6-10-7-11-9/h5-14H,4H2,1-3H3;6-8H,1-5H2,(H,10,11). The van der Waals surface area contributed by atoms with E-state index in [4.69, 9.17) is 0 Å². The smallest absolute Gasteiger partial charge is 0.209 e. The molecule has 0 amide bonds. The number of nitrogens with one attached hydrogen (secondary N) is 1. The van der Waals surface area contributed by atoms with Crippen molar-refractivity contribution in [2.75, 3.05) is 0 Å². The Hall–Kier alpha value is -1.94. The van der Waals surface area contributed by atoms with Crippen LogP contribution in [0.4, 0.5) is 0 Å².